The Labute approximate surface area is 169 Å². The molecule has 0 aliphatic heterocycles. The van der Waals surface area contributed by atoms with E-state index in [0.29, 0.717) is 43.7 Å². The van der Waals surface area contributed by atoms with Gasteiger partial charge in [-0.1, -0.05) is 74.5 Å². The third kappa shape index (κ3) is 7.62. The monoisotopic (exact) mass is 618 g/mol. The van der Waals surface area contributed by atoms with Gasteiger partial charge in [0, 0.05) is 38.6 Å². The molecule has 0 unspecified atom stereocenters. The van der Waals surface area contributed by atoms with Crippen LogP contribution in [0, 0.1) is 0 Å². The van der Waals surface area contributed by atoms with Gasteiger partial charge in [-0.05, 0) is 21.5 Å². The van der Waals surface area contributed by atoms with E-state index in [9.17, 15) is 13.2 Å². The molecule has 0 saturated heterocycles. The average molecular weight is 620 g/mol. The Morgan fingerprint density at radius 3 is 2.14 bits per heavy atom. The number of halogens is 7. The van der Waals surface area contributed by atoms with Gasteiger partial charge in [0.2, 0.25) is 0 Å². The summed E-state index contributed by atoms with van der Waals surface area (Å²) in [4.78, 5) is 0. The Bertz CT molecular complexity index is 304. The molecule has 21 heavy (non-hydrogen) atoms. The maximum absolute atomic E-state index is 13.4. The molecule has 0 rings (SSSR count). The van der Waals surface area contributed by atoms with Gasteiger partial charge in [0.25, 0.3) is 5.76 Å². The Hall–Kier alpha value is 3.33. The van der Waals surface area contributed by atoms with Gasteiger partial charge in [0.05, 0.1) is 6.67 Å². The van der Waals surface area contributed by atoms with E-state index < -0.39 is 16.1 Å². The fraction of sp³-hybridized carbons (Fsp3) is 1.00. The average Bonchev–Trinajstić information content (AvgIpc) is 2.42. The van der Waals surface area contributed by atoms with E-state index in [1.807, 2.05) is 0 Å². The summed E-state index contributed by atoms with van der Waals surface area (Å²) in [6.45, 7) is -0.585. The summed E-state index contributed by atoms with van der Waals surface area (Å²) in [5, 5.41) is 0.646. The number of alkyl halides is 6. The van der Waals surface area contributed by atoms with Gasteiger partial charge in [0.1, 0.15) is 0 Å². The van der Waals surface area contributed by atoms with Gasteiger partial charge in [-0.25, -0.2) is 0 Å². The molecule has 0 fully saturated rings. The van der Waals surface area contributed by atoms with E-state index in [-0.39, 0.29) is 5.75 Å². The molecule has 0 aliphatic rings. The second kappa shape index (κ2) is 10.5. The van der Waals surface area contributed by atoms with Gasteiger partial charge < -0.3 is 0 Å². The minimum Gasteiger partial charge on any atom is -0.250 e. The summed E-state index contributed by atoms with van der Waals surface area (Å²) < 4.78 is 36.2. The molecule has 0 aromatic rings. The first-order chi connectivity index (χ1) is 9.74. The van der Waals surface area contributed by atoms with Gasteiger partial charge in [0.15, 0.2) is 0 Å². The number of hydrogen-bond acceptors (Lipinski definition) is 4. The van der Waals surface area contributed by atoms with Crippen LogP contribution in [0.5, 0.6) is 0 Å². The maximum Gasteiger partial charge on any atom is 0.294 e. The molecule has 0 aliphatic carbocycles. The van der Waals surface area contributed by atoms with Crippen molar-refractivity contribution in [1.29, 1.82) is 0 Å². The van der Waals surface area contributed by atoms with Crippen LogP contribution < -0.4 is 0 Å². The van der Waals surface area contributed by atoms with E-state index in [4.69, 9.17) is 22.3 Å². The minimum absolute atomic E-state index is 0.117. The van der Waals surface area contributed by atoms with Crippen molar-refractivity contribution in [3.63, 3.8) is 0 Å². The van der Waals surface area contributed by atoms with Gasteiger partial charge >= 0.3 is 0 Å². The lowest BCUT2D eigenvalue weighted by atomic mass is 10.9. The molecule has 0 atom stereocenters. The summed E-state index contributed by atoms with van der Waals surface area (Å²) in [6.07, 6.45) is 0. The Balaban J connectivity index is 5.82. The zero-order valence-electron chi connectivity index (χ0n) is 10.9. The number of hydrogen-bond donors (Lipinski definition) is 0. The molecule has 0 nitrogen and oxygen atoms in total. The lowest BCUT2D eigenvalue weighted by Gasteiger charge is -2.70. The van der Waals surface area contributed by atoms with E-state index in [1.54, 1.807) is 0 Å². The number of rotatable bonds is 13. The molecule has 0 radical (unpaired) electrons. The van der Waals surface area contributed by atoms with Crippen molar-refractivity contribution in [3.8, 4) is 0 Å². The first-order valence-corrected chi connectivity index (χ1v) is 18.2. The molecule has 0 aromatic carbocycles. The van der Waals surface area contributed by atoms with Crippen LogP contribution in [0.2, 0.25) is 0 Å². The molecule has 0 N–H and O–H groups in total. The van der Waals surface area contributed by atoms with Crippen molar-refractivity contribution in [1.82, 2.24) is 0 Å². The van der Waals surface area contributed by atoms with Gasteiger partial charge in [-0.3, -0.25) is 4.39 Å². The van der Waals surface area contributed by atoms with Crippen molar-refractivity contribution in [3.05, 3.63) is 0 Å². The third-order valence-electron chi connectivity index (χ3n) is 2.08. The maximum atomic E-state index is 13.4. The van der Waals surface area contributed by atoms with Gasteiger partial charge in [-0.15, -0.1) is 11.6 Å². The van der Waals surface area contributed by atoms with E-state index in [0.717, 1.165) is 0 Å². The van der Waals surface area contributed by atoms with E-state index in [2.05, 4.69) is 38.5 Å². The molecule has 132 valence electrons. The van der Waals surface area contributed by atoms with Crippen LogP contribution in [0.4, 0.5) is 13.2 Å². The summed E-state index contributed by atoms with van der Waals surface area (Å²) in [7, 11) is 11.5. The molecule has 0 aromatic heterocycles. The third-order valence-corrected chi connectivity index (χ3v) is 32.6. The Morgan fingerprint density at radius 1 is 1.14 bits per heavy atom. The summed E-state index contributed by atoms with van der Waals surface area (Å²) >= 11 is 11.2. The zero-order chi connectivity index (χ0) is 16.5. The van der Waals surface area contributed by atoms with Crippen LogP contribution in [-0.2, 0) is 0 Å². The zero-order valence-corrected chi connectivity index (χ0v) is 20.3. The fourth-order valence-corrected chi connectivity index (χ4v) is 35.0. The minimum atomic E-state index is -3.89. The molecular formula is C9H17BrCl2F3IS5. The first kappa shape index (κ1) is 24.3. The summed E-state index contributed by atoms with van der Waals surface area (Å²) in [5.74, 6) is -0.682. The normalized spacial score (nSPS) is 16.0. The molecule has 0 heterocycles. The molecular weight excluding hydrogens is 603 g/mol. The largest absolute Gasteiger partial charge is 0.294 e. The second-order valence-corrected chi connectivity index (χ2v) is 33.2. The molecule has 0 spiro atoms. The summed E-state index contributed by atoms with van der Waals surface area (Å²) in [6, 6.07) is 0. The van der Waals surface area contributed by atoms with Crippen molar-refractivity contribution >= 4 is 108 Å². The standard InChI is InChI=1S/C9H17BrCl2F3IS5/c10-1-5-17-21(12,8-4-16,18-6-2-11,19-7-3-13)20-9(14)15/h9H,1-8H2. The van der Waals surface area contributed by atoms with Crippen LogP contribution >= 0.6 is 108 Å². The highest BCUT2D eigenvalue weighted by atomic mass is 127. The van der Waals surface area contributed by atoms with Gasteiger partial charge in [-0.2, -0.15) is 8.78 Å². The van der Waals surface area contributed by atoms with Crippen molar-refractivity contribution in [2.75, 3.05) is 45.3 Å². The molecule has 12 heteroatoms. The summed E-state index contributed by atoms with van der Waals surface area (Å²) in [5.41, 5.74) is 0. The van der Waals surface area contributed by atoms with Crippen molar-refractivity contribution in [2.24, 2.45) is 0 Å². The Kier molecular flexibility index (Phi) is 12.1. The predicted octanol–water partition coefficient (Wildman–Crippen LogP) is 7.87. The highest BCUT2D eigenvalue weighted by molar-refractivity contribution is 14.1. The topological polar surface area (TPSA) is 0 Å². The molecule has 0 amide bonds. The van der Waals surface area contributed by atoms with Crippen molar-refractivity contribution < 1.29 is 13.2 Å². The lowest BCUT2D eigenvalue weighted by molar-refractivity contribution is 0.254. The first-order valence-electron chi connectivity index (χ1n) is 5.72. The quantitative estimate of drug-likeness (QED) is 0.117. The fourth-order valence-electron chi connectivity index (χ4n) is 1.41. The van der Waals surface area contributed by atoms with Crippen LogP contribution in [0.1, 0.15) is 0 Å². The van der Waals surface area contributed by atoms with Crippen LogP contribution in [0.15, 0.2) is 0 Å². The smallest absolute Gasteiger partial charge is 0.250 e. The second-order valence-electron chi connectivity index (χ2n) is 3.52. The van der Waals surface area contributed by atoms with Crippen LogP contribution in [-0.4, -0.2) is 51.1 Å². The molecule has 0 bridgehead atoms. The Morgan fingerprint density at radius 2 is 1.71 bits per heavy atom. The molecule has 0 saturated carbocycles. The lowest BCUT2D eigenvalue weighted by Crippen LogP contribution is -2.23. The SMILES string of the molecule is FCCSS(Cl)(CCI)(SCCCl)(SCCBr)SC(F)F. The van der Waals surface area contributed by atoms with Crippen LogP contribution in [0.25, 0.3) is 0 Å². The van der Waals surface area contributed by atoms with E-state index in [1.165, 1.54) is 32.4 Å². The van der Waals surface area contributed by atoms with Crippen molar-refractivity contribution in [2.45, 2.75) is 5.76 Å². The van der Waals surface area contributed by atoms with Crippen LogP contribution in [0.3, 0.4) is 0 Å². The highest BCUT2D eigenvalue weighted by Crippen LogP contribution is 3.20. The van der Waals surface area contributed by atoms with E-state index >= 15 is 0 Å². The predicted molar refractivity (Wildman–Crippen MR) is 119 cm³/mol. The highest BCUT2D eigenvalue weighted by Gasteiger charge is 2.62.